The molecule has 3 rings (SSSR count). The van der Waals surface area contributed by atoms with Crippen LogP contribution in [0, 0.1) is 5.92 Å². The molecule has 5 nitrogen and oxygen atoms in total. The maximum atomic E-state index is 12.4. The van der Waals surface area contributed by atoms with Crippen LogP contribution in [0.25, 0.3) is 0 Å². The summed E-state index contributed by atoms with van der Waals surface area (Å²) in [5.74, 6) is 1.79. The van der Waals surface area contributed by atoms with Crippen molar-refractivity contribution >= 4 is 5.91 Å². The van der Waals surface area contributed by atoms with E-state index in [1.807, 2.05) is 37.3 Å². The fraction of sp³-hybridized carbons (Fsp3) is 0.545. The van der Waals surface area contributed by atoms with Crippen LogP contribution in [0.4, 0.5) is 0 Å². The lowest BCUT2D eigenvalue weighted by Gasteiger charge is -2.09. The van der Waals surface area contributed by atoms with Gasteiger partial charge in [-0.2, -0.15) is 5.10 Å². The Labute approximate surface area is 162 Å². The van der Waals surface area contributed by atoms with Crippen molar-refractivity contribution in [1.29, 1.82) is 0 Å². The second kappa shape index (κ2) is 9.58. The van der Waals surface area contributed by atoms with Crippen molar-refractivity contribution in [3.8, 4) is 5.75 Å². The van der Waals surface area contributed by atoms with Gasteiger partial charge in [0.2, 0.25) is 0 Å². The summed E-state index contributed by atoms with van der Waals surface area (Å²) in [5, 5.41) is 7.29. The van der Waals surface area contributed by atoms with Gasteiger partial charge in [-0.25, -0.2) is 0 Å². The number of aromatic nitrogens is 2. The highest BCUT2D eigenvalue weighted by atomic mass is 16.5. The van der Waals surface area contributed by atoms with E-state index in [4.69, 9.17) is 4.74 Å². The average Bonchev–Trinajstić information content (AvgIpc) is 3.43. The number of nitrogens with one attached hydrogen (secondary N) is 1. The van der Waals surface area contributed by atoms with E-state index in [0.29, 0.717) is 12.2 Å². The minimum Gasteiger partial charge on any atom is -0.494 e. The summed E-state index contributed by atoms with van der Waals surface area (Å²) >= 11 is 0. The third kappa shape index (κ3) is 6.12. The molecule has 0 radical (unpaired) electrons. The van der Waals surface area contributed by atoms with E-state index in [2.05, 4.69) is 10.4 Å². The Morgan fingerprint density at radius 1 is 1.26 bits per heavy atom. The van der Waals surface area contributed by atoms with Crippen LogP contribution in [0.1, 0.15) is 67.2 Å². The van der Waals surface area contributed by atoms with Gasteiger partial charge in [0.15, 0.2) is 0 Å². The van der Waals surface area contributed by atoms with Crippen molar-refractivity contribution in [2.45, 2.75) is 58.4 Å². The fourth-order valence-corrected chi connectivity index (χ4v) is 3.24. The molecule has 1 saturated carbocycles. The SMILES string of the molecule is CCc1cc(C(=O)NCc2cccc(OCCCCCC3CC3)c2)n(C)n1. The number of rotatable bonds is 11. The number of hydrogen-bond acceptors (Lipinski definition) is 3. The maximum Gasteiger partial charge on any atom is 0.269 e. The van der Waals surface area contributed by atoms with Gasteiger partial charge >= 0.3 is 0 Å². The maximum absolute atomic E-state index is 12.4. The Morgan fingerprint density at radius 2 is 2.11 bits per heavy atom. The van der Waals surface area contributed by atoms with Crippen LogP contribution in [0.5, 0.6) is 5.75 Å². The first-order valence-corrected chi connectivity index (χ1v) is 10.2. The summed E-state index contributed by atoms with van der Waals surface area (Å²) in [6.07, 6.45) is 8.78. The molecule has 146 valence electrons. The third-order valence-electron chi connectivity index (χ3n) is 5.10. The minimum absolute atomic E-state index is 0.105. The van der Waals surface area contributed by atoms with Crippen molar-refractivity contribution in [2.75, 3.05) is 6.61 Å². The molecule has 1 heterocycles. The van der Waals surface area contributed by atoms with Crippen molar-refractivity contribution in [3.05, 3.63) is 47.3 Å². The van der Waals surface area contributed by atoms with Crippen molar-refractivity contribution < 1.29 is 9.53 Å². The van der Waals surface area contributed by atoms with Gasteiger partial charge in [-0.05, 0) is 42.5 Å². The van der Waals surface area contributed by atoms with Gasteiger partial charge in [0, 0.05) is 13.6 Å². The van der Waals surface area contributed by atoms with E-state index in [0.717, 1.165) is 42.4 Å². The molecule has 1 N–H and O–H groups in total. The van der Waals surface area contributed by atoms with Gasteiger partial charge in [0.1, 0.15) is 11.4 Å². The Bertz CT molecular complexity index is 750. The van der Waals surface area contributed by atoms with Gasteiger partial charge < -0.3 is 10.1 Å². The summed E-state index contributed by atoms with van der Waals surface area (Å²) in [7, 11) is 1.80. The first kappa shape index (κ1) is 19.5. The number of ether oxygens (including phenoxy) is 1. The third-order valence-corrected chi connectivity index (χ3v) is 5.10. The molecule has 1 aromatic heterocycles. The van der Waals surface area contributed by atoms with Gasteiger partial charge in [-0.1, -0.05) is 51.2 Å². The van der Waals surface area contributed by atoms with Crippen LogP contribution in [0.3, 0.4) is 0 Å². The fourth-order valence-electron chi connectivity index (χ4n) is 3.24. The van der Waals surface area contributed by atoms with E-state index < -0.39 is 0 Å². The Kier molecular flexibility index (Phi) is 6.91. The number of carbonyl (C=O) groups excluding carboxylic acids is 1. The van der Waals surface area contributed by atoms with Crippen LogP contribution in [0.2, 0.25) is 0 Å². The zero-order valence-corrected chi connectivity index (χ0v) is 16.5. The van der Waals surface area contributed by atoms with Crippen molar-refractivity contribution in [1.82, 2.24) is 15.1 Å². The Hall–Kier alpha value is -2.30. The van der Waals surface area contributed by atoms with Gasteiger partial charge in [-0.3, -0.25) is 9.48 Å². The molecule has 0 aliphatic heterocycles. The van der Waals surface area contributed by atoms with Crippen LogP contribution < -0.4 is 10.1 Å². The summed E-state index contributed by atoms with van der Waals surface area (Å²) in [6, 6.07) is 9.81. The molecular formula is C22H31N3O2. The second-order valence-corrected chi connectivity index (χ2v) is 7.47. The predicted molar refractivity (Wildman–Crippen MR) is 107 cm³/mol. The summed E-state index contributed by atoms with van der Waals surface area (Å²) in [4.78, 5) is 12.4. The van der Waals surface area contributed by atoms with Crippen molar-refractivity contribution in [2.24, 2.45) is 13.0 Å². The zero-order valence-electron chi connectivity index (χ0n) is 16.5. The lowest BCUT2D eigenvalue weighted by atomic mass is 10.1. The number of carbonyl (C=O) groups is 1. The summed E-state index contributed by atoms with van der Waals surface area (Å²) in [5.41, 5.74) is 2.55. The highest BCUT2D eigenvalue weighted by Gasteiger charge is 2.19. The Balaban J connectivity index is 1.41. The number of unbranched alkanes of at least 4 members (excludes halogenated alkanes) is 2. The van der Waals surface area contributed by atoms with Crippen LogP contribution in [-0.2, 0) is 20.0 Å². The second-order valence-electron chi connectivity index (χ2n) is 7.47. The molecule has 1 aliphatic rings. The number of aryl methyl sites for hydroxylation is 2. The van der Waals surface area contributed by atoms with E-state index in [9.17, 15) is 4.79 Å². The van der Waals surface area contributed by atoms with Crippen molar-refractivity contribution in [3.63, 3.8) is 0 Å². The quantitative estimate of drug-likeness (QED) is 0.602. The average molecular weight is 370 g/mol. The molecule has 27 heavy (non-hydrogen) atoms. The van der Waals surface area contributed by atoms with Crippen LogP contribution in [-0.4, -0.2) is 22.3 Å². The lowest BCUT2D eigenvalue weighted by molar-refractivity contribution is 0.0941. The van der Waals surface area contributed by atoms with E-state index in [-0.39, 0.29) is 5.91 Å². The highest BCUT2D eigenvalue weighted by Crippen LogP contribution is 2.34. The smallest absolute Gasteiger partial charge is 0.269 e. The lowest BCUT2D eigenvalue weighted by Crippen LogP contribution is -2.25. The molecule has 1 amide bonds. The molecule has 1 fully saturated rings. The largest absolute Gasteiger partial charge is 0.494 e. The van der Waals surface area contributed by atoms with Gasteiger partial charge in [-0.15, -0.1) is 0 Å². The molecule has 5 heteroatoms. The first-order valence-electron chi connectivity index (χ1n) is 10.2. The molecule has 0 atom stereocenters. The molecule has 0 saturated heterocycles. The van der Waals surface area contributed by atoms with E-state index in [1.54, 1.807) is 11.7 Å². The van der Waals surface area contributed by atoms with Crippen LogP contribution >= 0.6 is 0 Å². The first-order chi connectivity index (χ1) is 13.2. The molecule has 2 aromatic rings. The molecule has 0 spiro atoms. The van der Waals surface area contributed by atoms with Crippen LogP contribution in [0.15, 0.2) is 30.3 Å². The number of nitrogens with zero attached hydrogens (tertiary/aromatic N) is 2. The normalized spacial score (nSPS) is 13.6. The molecule has 0 unspecified atom stereocenters. The molecule has 1 aromatic carbocycles. The zero-order chi connectivity index (χ0) is 19.1. The number of amides is 1. The predicted octanol–water partition coefficient (Wildman–Crippen LogP) is 4.26. The highest BCUT2D eigenvalue weighted by molar-refractivity contribution is 5.92. The minimum atomic E-state index is -0.105. The monoisotopic (exact) mass is 369 g/mol. The number of benzene rings is 1. The molecule has 0 bridgehead atoms. The number of hydrogen-bond donors (Lipinski definition) is 1. The molecule has 1 aliphatic carbocycles. The standard InChI is InChI=1S/C22H31N3O2/c1-3-19-15-21(25(2)24-19)22(26)23-16-18-9-7-10-20(14-18)27-13-6-4-5-8-17-11-12-17/h7,9-10,14-15,17H,3-6,8,11-13,16H2,1-2H3,(H,23,26). The van der Waals surface area contributed by atoms with E-state index >= 15 is 0 Å². The molecular weight excluding hydrogens is 338 g/mol. The van der Waals surface area contributed by atoms with E-state index in [1.165, 1.54) is 32.1 Å². The topological polar surface area (TPSA) is 56.1 Å². The van der Waals surface area contributed by atoms with Gasteiger partial charge in [0.25, 0.3) is 5.91 Å². The Morgan fingerprint density at radius 3 is 2.85 bits per heavy atom. The van der Waals surface area contributed by atoms with Gasteiger partial charge in [0.05, 0.1) is 12.3 Å². The summed E-state index contributed by atoms with van der Waals surface area (Å²) < 4.78 is 7.51. The summed E-state index contributed by atoms with van der Waals surface area (Å²) in [6.45, 7) is 3.27.